The molecule has 120 valence electrons. The summed E-state index contributed by atoms with van der Waals surface area (Å²) in [5.41, 5.74) is 0.332. The van der Waals surface area contributed by atoms with E-state index in [1.165, 1.54) is 12.1 Å². The first-order valence-electron chi connectivity index (χ1n) is 6.81. The summed E-state index contributed by atoms with van der Waals surface area (Å²) in [5.74, 6) is 1.01. The molecular formula is C16H12F3NO3. The molecule has 0 atom stereocenters. The summed E-state index contributed by atoms with van der Waals surface area (Å²) in [6.45, 7) is 0.333. The Morgan fingerprint density at radius 1 is 1.09 bits per heavy atom. The van der Waals surface area contributed by atoms with Gasteiger partial charge in [-0.1, -0.05) is 11.2 Å². The molecule has 23 heavy (non-hydrogen) atoms. The fourth-order valence-corrected chi connectivity index (χ4v) is 2.30. The van der Waals surface area contributed by atoms with Crippen LogP contribution < -0.4 is 9.47 Å². The summed E-state index contributed by atoms with van der Waals surface area (Å²) in [4.78, 5) is 0. The Labute approximate surface area is 129 Å². The molecule has 1 aliphatic rings. The Hall–Kier alpha value is -2.70. The second-order valence-electron chi connectivity index (χ2n) is 4.90. The monoisotopic (exact) mass is 323 g/mol. The lowest BCUT2D eigenvalue weighted by Crippen LogP contribution is -2.16. The molecule has 0 saturated heterocycles. The first-order chi connectivity index (χ1) is 11.0. The van der Waals surface area contributed by atoms with Crippen molar-refractivity contribution < 1.29 is 27.9 Å². The minimum Gasteiger partial charge on any atom is -0.489 e. The van der Waals surface area contributed by atoms with E-state index >= 15 is 0 Å². The third-order valence-corrected chi connectivity index (χ3v) is 3.41. The lowest BCUT2D eigenvalue weighted by atomic mass is 10.0. The zero-order valence-corrected chi connectivity index (χ0v) is 11.8. The molecule has 3 rings (SSSR count). The van der Waals surface area contributed by atoms with Crippen molar-refractivity contribution >= 4 is 5.71 Å². The molecule has 1 aliphatic heterocycles. The lowest BCUT2D eigenvalue weighted by Gasteiger charge is -2.21. The molecule has 0 fully saturated rings. The van der Waals surface area contributed by atoms with Crippen LogP contribution in [-0.4, -0.2) is 17.5 Å². The molecule has 1 heterocycles. The highest BCUT2D eigenvalue weighted by molar-refractivity contribution is 6.04. The van der Waals surface area contributed by atoms with Crippen LogP contribution in [0.2, 0.25) is 0 Å². The number of benzene rings is 2. The normalized spacial score (nSPS) is 15.9. The van der Waals surface area contributed by atoms with Crippen LogP contribution in [0.1, 0.15) is 17.5 Å². The van der Waals surface area contributed by atoms with Crippen LogP contribution in [0.4, 0.5) is 13.2 Å². The van der Waals surface area contributed by atoms with Gasteiger partial charge in [0.1, 0.15) is 5.75 Å². The second-order valence-corrected chi connectivity index (χ2v) is 4.90. The summed E-state index contributed by atoms with van der Waals surface area (Å²) in [6, 6.07) is 9.44. The van der Waals surface area contributed by atoms with Gasteiger partial charge in [-0.15, -0.1) is 0 Å². The van der Waals surface area contributed by atoms with Crippen LogP contribution in [0.5, 0.6) is 17.2 Å². The number of nitrogens with zero attached hydrogens (tertiary/aromatic N) is 1. The van der Waals surface area contributed by atoms with Crippen LogP contribution in [0, 0.1) is 0 Å². The first-order valence-corrected chi connectivity index (χ1v) is 6.81. The Morgan fingerprint density at radius 2 is 1.83 bits per heavy atom. The van der Waals surface area contributed by atoms with Crippen LogP contribution in [0.3, 0.4) is 0 Å². The van der Waals surface area contributed by atoms with Crippen molar-refractivity contribution in [1.82, 2.24) is 0 Å². The number of hydrogen-bond acceptors (Lipinski definition) is 4. The number of hydrogen-bond donors (Lipinski definition) is 1. The van der Waals surface area contributed by atoms with E-state index in [0.717, 1.165) is 12.1 Å². The van der Waals surface area contributed by atoms with E-state index in [1.54, 1.807) is 18.2 Å². The van der Waals surface area contributed by atoms with Crippen molar-refractivity contribution in [2.45, 2.75) is 12.6 Å². The number of oxime groups is 1. The van der Waals surface area contributed by atoms with Gasteiger partial charge in [0, 0.05) is 12.0 Å². The Kier molecular flexibility index (Phi) is 3.85. The van der Waals surface area contributed by atoms with Gasteiger partial charge in [0.2, 0.25) is 0 Å². The number of ether oxygens (including phenoxy) is 2. The molecule has 0 spiro atoms. The van der Waals surface area contributed by atoms with E-state index in [1.807, 2.05) is 0 Å². The number of alkyl halides is 3. The summed E-state index contributed by atoms with van der Waals surface area (Å²) >= 11 is 0. The topological polar surface area (TPSA) is 51.1 Å². The van der Waals surface area contributed by atoms with E-state index in [4.69, 9.17) is 14.7 Å². The fourth-order valence-electron chi connectivity index (χ4n) is 2.30. The Morgan fingerprint density at radius 3 is 2.48 bits per heavy atom. The Balaban J connectivity index is 1.89. The highest BCUT2D eigenvalue weighted by Gasteiger charge is 2.30. The molecule has 0 amide bonds. The molecule has 0 saturated carbocycles. The van der Waals surface area contributed by atoms with E-state index < -0.39 is 11.7 Å². The van der Waals surface area contributed by atoms with Gasteiger partial charge in [-0.05, 0) is 36.4 Å². The molecule has 7 heteroatoms. The van der Waals surface area contributed by atoms with Gasteiger partial charge >= 0.3 is 6.18 Å². The van der Waals surface area contributed by atoms with Crippen LogP contribution in [0.15, 0.2) is 47.6 Å². The van der Waals surface area contributed by atoms with Gasteiger partial charge in [0.25, 0.3) is 0 Å². The first kappa shape index (κ1) is 15.2. The summed E-state index contributed by atoms with van der Waals surface area (Å²) in [5, 5.41) is 12.2. The van der Waals surface area contributed by atoms with E-state index in [2.05, 4.69) is 5.16 Å². The molecule has 1 N–H and O–H groups in total. The molecule has 2 aromatic carbocycles. The maximum Gasteiger partial charge on any atom is 0.416 e. The average molecular weight is 323 g/mol. The minimum absolute atomic E-state index is 0.253. The van der Waals surface area contributed by atoms with Crippen molar-refractivity contribution in [3.8, 4) is 17.2 Å². The van der Waals surface area contributed by atoms with Gasteiger partial charge in [-0.2, -0.15) is 13.2 Å². The lowest BCUT2D eigenvalue weighted by molar-refractivity contribution is -0.137. The third kappa shape index (κ3) is 3.08. The second kappa shape index (κ2) is 5.83. The van der Waals surface area contributed by atoms with Crippen molar-refractivity contribution in [1.29, 1.82) is 0 Å². The summed E-state index contributed by atoms with van der Waals surface area (Å²) < 4.78 is 48.8. The Bertz CT molecular complexity index is 739. The number of fused-ring (bicyclic) bond motifs is 1. The standard InChI is InChI=1S/C16H12F3NO3/c17-16(18,19)10-4-6-11(7-5-10)23-14-3-1-2-12-13(20-21)8-9-22-15(12)14/h1-7,21H,8-9H2. The highest BCUT2D eigenvalue weighted by Crippen LogP contribution is 2.38. The van der Waals surface area contributed by atoms with E-state index in [-0.39, 0.29) is 5.75 Å². The van der Waals surface area contributed by atoms with Gasteiger partial charge in [0.05, 0.1) is 17.9 Å². The maximum atomic E-state index is 12.6. The molecule has 0 aromatic heterocycles. The largest absolute Gasteiger partial charge is 0.489 e. The van der Waals surface area contributed by atoms with Gasteiger partial charge in [-0.25, -0.2) is 0 Å². The van der Waals surface area contributed by atoms with Crippen molar-refractivity contribution in [3.05, 3.63) is 53.6 Å². The van der Waals surface area contributed by atoms with Gasteiger partial charge in [0.15, 0.2) is 11.5 Å². The molecule has 0 unspecified atom stereocenters. The smallest absolute Gasteiger partial charge is 0.416 e. The summed E-state index contributed by atoms with van der Waals surface area (Å²) in [7, 11) is 0. The molecule has 4 nitrogen and oxygen atoms in total. The quantitative estimate of drug-likeness (QED) is 0.656. The highest BCUT2D eigenvalue weighted by atomic mass is 19.4. The molecule has 0 aliphatic carbocycles. The van der Waals surface area contributed by atoms with Crippen molar-refractivity contribution in [2.24, 2.45) is 5.16 Å². The molecular weight excluding hydrogens is 311 g/mol. The zero-order chi connectivity index (χ0) is 16.4. The van der Waals surface area contributed by atoms with Crippen molar-refractivity contribution in [2.75, 3.05) is 6.61 Å². The van der Waals surface area contributed by atoms with Crippen LogP contribution in [-0.2, 0) is 6.18 Å². The third-order valence-electron chi connectivity index (χ3n) is 3.41. The van der Waals surface area contributed by atoms with Gasteiger partial charge in [-0.3, -0.25) is 0 Å². The molecule has 2 aromatic rings. The molecule has 0 radical (unpaired) electrons. The predicted octanol–water partition coefficient (Wildman–Crippen LogP) is 4.46. The number of rotatable bonds is 2. The van der Waals surface area contributed by atoms with Gasteiger partial charge < -0.3 is 14.7 Å². The van der Waals surface area contributed by atoms with Crippen molar-refractivity contribution in [3.63, 3.8) is 0 Å². The van der Waals surface area contributed by atoms with Crippen LogP contribution >= 0.6 is 0 Å². The SMILES string of the molecule is ON=C1CCOc2c(Oc3ccc(C(F)(F)F)cc3)cccc21. The van der Waals surface area contributed by atoms with E-state index in [9.17, 15) is 13.2 Å². The number of para-hydroxylation sites is 1. The number of halogens is 3. The minimum atomic E-state index is -4.39. The zero-order valence-electron chi connectivity index (χ0n) is 11.8. The average Bonchev–Trinajstić information content (AvgIpc) is 2.54. The predicted molar refractivity (Wildman–Crippen MR) is 76.4 cm³/mol. The van der Waals surface area contributed by atoms with E-state index in [0.29, 0.717) is 35.8 Å². The molecule has 0 bridgehead atoms. The summed E-state index contributed by atoms with van der Waals surface area (Å²) in [6.07, 6.45) is -3.92. The maximum absolute atomic E-state index is 12.6. The fraction of sp³-hybridized carbons (Fsp3) is 0.188. The van der Waals surface area contributed by atoms with Crippen LogP contribution in [0.25, 0.3) is 0 Å².